The minimum atomic E-state index is -0.701. The van der Waals surface area contributed by atoms with Gasteiger partial charge in [-0.2, -0.15) is 5.10 Å². The number of anilines is 1. The number of carbonyl (C=O) groups excluding carboxylic acids is 4. The number of hydrogen-bond donors (Lipinski definition) is 2. The Morgan fingerprint density at radius 1 is 0.800 bits per heavy atom. The lowest BCUT2D eigenvalue weighted by Crippen LogP contribution is -2.24. The molecule has 3 aromatic carbocycles. The van der Waals surface area contributed by atoms with E-state index in [4.69, 9.17) is 4.74 Å². The van der Waals surface area contributed by atoms with Crippen LogP contribution in [0.3, 0.4) is 0 Å². The van der Waals surface area contributed by atoms with Crippen molar-refractivity contribution < 1.29 is 23.9 Å². The fourth-order valence-electron chi connectivity index (χ4n) is 4.01. The van der Waals surface area contributed by atoms with E-state index in [9.17, 15) is 24.0 Å². The van der Waals surface area contributed by atoms with Crippen molar-refractivity contribution in [1.29, 1.82) is 0 Å². The number of benzene rings is 3. The normalized spacial score (nSPS) is 12.1. The molecule has 1 aliphatic carbocycles. The fraction of sp³-hybridized carbons (Fsp3) is 0.0769. The molecule has 2 N–H and O–H groups in total. The fourth-order valence-corrected chi connectivity index (χ4v) is 4.01. The van der Waals surface area contributed by atoms with Crippen LogP contribution in [0.1, 0.15) is 37.5 Å². The van der Waals surface area contributed by atoms with Crippen molar-refractivity contribution >= 4 is 39.9 Å². The van der Waals surface area contributed by atoms with Gasteiger partial charge in [0.1, 0.15) is 0 Å². The molecule has 0 fully saturated rings. The summed E-state index contributed by atoms with van der Waals surface area (Å²) in [6.45, 7) is -0.563. The first-order valence-corrected chi connectivity index (χ1v) is 10.7. The number of carbonyl (C=O) groups is 4. The summed E-state index contributed by atoms with van der Waals surface area (Å²) >= 11 is 0. The van der Waals surface area contributed by atoms with Crippen molar-refractivity contribution in [2.24, 2.45) is 0 Å². The van der Waals surface area contributed by atoms with Gasteiger partial charge in [-0.1, -0.05) is 42.5 Å². The van der Waals surface area contributed by atoms with Gasteiger partial charge < -0.3 is 10.1 Å². The minimum absolute atomic E-state index is 0.194. The van der Waals surface area contributed by atoms with Crippen LogP contribution in [0.5, 0.6) is 0 Å². The second kappa shape index (κ2) is 8.79. The maximum Gasteiger partial charge on any atom is 0.312 e. The Labute approximate surface area is 197 Å². The highest BCUT2D eigenvalue weighted by Gasteiger charge is 2.29. The molecular weight excluding hydrogens is 450 g/mol. The molecule has 5 rings (SSSR count). The van der Waals surface area contributed by atoms with Crippen molar-refractivity contribution in [3.8, 4) is 0 Å². The third-order valence-corrected chi connectivity index (χ3v) is 5.66. The van der Waals surface area contributed by atoms with Crippen molar-refractivity contribution in [2.45, 2.75) is 6.42 Å². The van der Waals surface area contributed by atoms with Gasteiger partial charge in [0, 0.05) is 33.3 Å². The van der Waals surface area contributed by atoms with Gasteiger partial charge in [-0.3, -0.25) is 24.0 Å². The number of aromatic amines is 1. The van der Waals surface area contributed by atoms with Gasteiger partial charge in [0.15, 0.2) is 18.2 Å². The lowest BCUT2D eigenvalue weighted by molar-refractivity contribution is -0.146. The Morgan fingerprint density at radius 2 is 1.43 bits per heavy atom. The monoisotopic (exact) mass is 467 g/mol. The number of nitrogens with zero attached hydrogens (tertiary/aromatic N) is 1. The first-order chi connectivity index (χ1) is 16.9. The number of amides is 1. The summed E-state index contributed by atoms with van der Waals surface area (Å²) in [6, 6.07) is 17.7. The second-order valence-corrected chi connectivity index (χ2v) is 7.89. The van der Waals surface area contributed by atoms with Gasteiger partial charge in [0.05, 0.1) is 17.5 Å². The number of hydrogen-bond acceptors (Lipinski definition) is 7. The van der Waals surface area contributed by atoms with E-state index in [0.29, 0.717) is 33.3 Å². The van der Waals surface area contributed by atoms with E-state index < -0.39 is 18.5 Å². The Hall–Kier alpha value is -4.92. The molecule has 1 aliphatic rings. The number of rotatable bonds is 5. The molecule has 0 unspecified atom stereocenters. The molecule has 9 heteroatoms. The van der Waals surface area contributed by atoms with Crippen molar-refractivity contribution in [2.75, 3.05) is 11.9 Å². The van der Waals surface area contributed by atoms with Crippen LogP contribution in [0.25, 0.3) is 10.8 Å². The molecular formula is C26H17N3O6. The maximum atomic E-state index is 12.8. The highest BCUT2D eigenvalue weighted by Crippen LogP contribution is 2.29. The number of ketones is 2. The largest absolute Gasteiger partial charge is 0.455 e. The molecule has 1 amide bonds. The molecule has 1 heterocycles. The van der Waals surface area contributed by atoms with Gasteiger partial charge in [0.25, 0.3) is 11.5 Å². The molecule has 4 aromatic rings. The zero-order chi connectivity index (χ0) is 24.5. The molecule has 0 bridgehead atoms. The minimum Gasteiger partial charge on any atom is -0.455 e. The lowest BCUT2D eigenvalue weighted by atomic mass is 9.84. The first kappa shape index (κ1) is 21.9. The van der Waals surface area contributed by atoms with Crippen LogP contribution in [0.4, 0.5) is 5.69 Å². The smallest absolute Gasteiger partial charge is 0.312 e. The van der Waals surface area contributed by atoms with E-state index in [1.807, 2.05) is 0 Å². The average Bonchev–Trinajstić information content (AvgIpc) is 2.88. The Morgan fingerprint density at radius 3 is 2.17 bits per heavy atom. The Bertz CT molecular complexity index is 1600. The topological polar surface area (TPSA) is 135 Å². The van der Waals surface area contributed by atoms with Crippen molar-refractivity contribution in [3.05, 3.63) is 105 Å². The summed E-state index contributed by atoms with van der Waals surface area (Å²) in [7, 11) is 0. The number of H-pyrrole nitrogens is 1. The Kier molecular flexibility index (Phi) is 5.50. The molecule has 0 saturated heterocycles. The van der Waals surface area contributed by atoms with E-state index >= 15 is 0 Å². The summed E-state index contributed by atoms with van der Waals surface area (Å²) in [5.74, 6) is -1.89. The number of nitrogens with one attached hydrogen (secondary N) is 2. The van der Waals surface area contributed by atoms with Gasteiger partial charge in [-0.05, 0) is 24.3 Å². The number of ether oxygens (including phenoxy) is 1. The summed E-state index contributed by atoms with van der Waals surface area (Å²) in [5, 5.41) is 9.73. The van der Waals surface area contributed by atoms with Gasteiger partial charge >= 0.3 is 5.97 Å². The molecule has 1 aromatic heterocycles. The molecule has 0 radical (unpaired) electrons. The highest BCUT2D eigenvalue weighted by atomic mass is 16.5. The third-order valence-electron chi connectivity index (χ3n) is 5.66. The molecule has 0 spiro atoms. The van der Waals surface area contributed by atoms with Crippen LogP contribution in [-0.2, 0) is 20.7 Å². The summed E-state index contributed by atoms with van der Waals surface area (Å²) in [6.07, 6.45) is -0.237. The summed E-state index contributed by atoms with van der Waals surface area (Å²) in [4.78, 5) is 62.0. The van der Waals surface area contributed by atoms with Gasteiger partial charge in [-0.25, -0.2) is 5.10 Å². The van der Waals surface area contributed by atoms with Crippen molar-refractivity contribution in [1.82, 2.24) is 10.2 Å². The molecule has 0 atom stereocenters. The second-order valence-electron chi connectivity index (χ2n) is 7.89. The Balaban J connectivity index is 1.24. The van der Waals surface area contributed by atoms with E-state index in [-0.39, 0.29) is 34.7 Å². The van der Waals surface area contributed by atoms with Crippen LogP contribution in [-0.4, -0.2) is 40.2 Å². The van der Waals surface area contributed by atoms with Crippen molar-refractivity contribution in [3.63, 3.8) is 0 Å². The van der Waals surface area contributed by atoms with E-state index in [0.717, 1.165) is 0 Å². The first-order valence-electron chi connectivity index (χ1n) is 10.7. The molecule has 0 aliphatic heterocycles. The lowest BCUT2D eigenvalue weighted by Gasteiger charge is -2.18. The van der Waals surface area contributed by atoms with E-state index in [1.165, 1.54) is 18.2 Å². The zero-order valence-electron chi connectivity index (χ0n) is 18.2. The third kappa shape index (κ3) is 4.10. The van der Waals surface area contributed by atoms with Crippen LogP contribution in [0, 0.1) is 0 Å². The van der Waals surface area contributed by atoms with Crippen LogP contribution in [0.2, 0.25) is 0 Å². The standard InChI is InChI=1S/C26H17N3O6/c30-22(13-35-23(31)12-21-15-5-1-4-8-19(15)26(34)29-28-21)27-14-9-10-18-20(11-14)25(33)17-7-3-2-6-16(17)24(18)32/h1-11H,12-13H2,(H,27,30)(H,29,34). The maximum absolute atomic E-state index is 12.8. The number of esters is 1. The number of aromatic nitrogens is 2. The van der Waals surface area contributed by atoms with E-state index in [2.05, 4.69) is 15.5 Å². The SMILES string of the molecule is O=C(COC(=O)Cc1n[nH]c(=O)c2ccccc12)Nc1ccc2c(c1)C(=O)c1ccccc1C2=O. The number of fused-ring (bicyclic) bond motifs is 3. The average molecular weight is 467 g/mol. The molecule has 35 heavy (non-hydrogen) atoms. The van der Waals surface area contributed by atoms with Gasteiger partial charge in [-0.15, -0.1) is 0 Å². The highest BCUT2D eigenvalue weighted by molar-refractivity contribution is 6.28. The van der Waals surface area contributed by atoms with Crippen LogP contribution in [0.15, 0.2) is 71.5 Å². The predicted molar refractivity (Wildman–Crippen MR) is 125 cm³/mol. The predicted octanol–water partition coefficient (Wildman–Crippen LogP) is 2.42. The molecule has 0 saturated carbocycles. The quantitative estimate of drug-likeness (QED) is 0.379. The van der Waals surface area contributed by atoms with Gasteiger partial charge in [0.2, 0.25) is 0 Å². The molecule has 172 valence electrons. The van der Waals surface area contributed by atoms with E-state index in [1.54, 1.807) is 48.5 Å². The summed E-state index contributed by atoms with van der Waals surface area (Å²) in [5.41, 5.74) is 1.36. The zero-order valence-corrected chi connectivity index (χ0v) is 18.2. The summed E-state index contributed by atoms with van der Waals surface area (Å²) < 4.78 is 5.05. The van der Waals surface area contributed by atoms with Crippen LogP contribution >= 0.6 is 0 Å². The molecule has 9 nitrogen and oxygen atoms in total. The van der Waals surface area contributed by atoms with Crippen LogP contribution < -0.4 is 10.9 Å².